The van der Waals surface area contributed by atoms with Crippen LogP contribution in [0.2, 0.25) is 5.02 Å². The zero-order valence-corrected chi connectivity index (χ0v) is 19.9. The minimum absolute atomic E-state index is 0.116. The number of nitrogens with zero attached hydrogens (tertiary/aromatic N) is 5. The Hall–Kier alpha value is -2.43. The van der Waals surface area contributed by atoms with Crippen molar-refractivity contribution >= 4 is 39.1 Å². The van der Waals surface area contributed by atoms with E-state index in [9.17, 15) is 18.0 Å². The lowest BCUT2D eigenvalue weighted by molar-refractivity contribution is -0.136. The molecule has 0 saturated carbocycles. The SMILES string of the molecule is Cc1nn(C)c(C)c1S(=O)(=O)N1CCN(C(=O)[C@@H]2CC(=O)N(c3cccc(Cl)c3)C2)CC1. The molecular weight excluding hydrogens is 454 g/mol. The average molecular weight is 480 g/mol. The van der Waals surface area contributed by atoms with Crippen molar-refractivity contribution in [1.29, 1.82) is 0 Å². The van der Waals surface area contributed by atoms with Gasteiger partial charge in [-0.15, -0.1) is 0 Å². The van der Waals surface area contributed by atoms with Crippen LogP contribution in [0.4, 0.5) is 5.69 Å². The van der Waals surface area contributed by atoms with Crippen molar-refractivity contribution in [2.75, 3.05) is 37.6 Å². The van der Waals surface area contributed by atoms with Gasteiger partial charge in [-0.2, -0.15) is 9.40 Å². The predicted molar refractivity (Wildman–Crippen MR) is 120 cm³/mol. The minimum atomic E-state index is -3.69. The maximum atomic E-state index is 13.2. The third-order valence-electron chi connectivity index (χ3n) is 6.18. The molecule has 1 aromatic heterocycles. The highest BCUT2D eigenvalue weighted by Gasteiger charge is 2.39. The Morgan fingerprint density at radius 3 is 2.44 bits per heavy atom. The highest BCUT2D eigenvalue weighted by Crippen LogP contribution is 2.29. The van der Waals surface area contributed by atoms with E-state index in [0.717, 1.165) is 0 Å². The smallest absolute Gasteiger partial charge is 0.246 e. The van der Waals surface area contributed by atoms with E-state index in [-0.39, 0.29) is 49.3 Å². The van der Waals surface area contributed by atoms with E-state index < -0.39 is 15.9 Å². The van der Waals surface area contributed by atoms with Crippen LogP contribution in [0.1, 0.15) is 17.8 Å². The van der Waals surface area contributed by atoms with Gasteiger partial charge in [0.15, 0.2) is 0 Å². The summed E-state index contributed by atoms with van der Waals surface area (Å²) in [5.74, 6) is -0.685. The van der Waals surface area contributed by atoms with Gasteiger partial charge in [0.05, 0.1) is 17.3 Å². The molecule has 0 radical (unpaired) electrons. The Morgan fingerprint density at radius 1 is 1.16 bits per heavy atom. The van der Waals surface area contributed by atoms with Crippen molar-refractivity contribution in [3.05, 3.63) is 40.7 Å². The van der Waals surface area contributed by atoms with Crippen molar-refractivity contribution in [2.45, 2.75) is 25.2 Å². The molecule has 3 heterocycles. The Kier molecular flexibility index (Phi) is 6.04. The molecule has 11 heteroatoms. The molecule has 0 unspecified atom stereocenters. The number of halogens is 1. The Morgan fingerprint density at radius 2 is 1.84 bits per heavy atom. The van der Waals surface area contributed by atoms with Crippen LogP contribution >= 0.6 is 11.6 Å². The number of sulfonamides is 1. The van der Waals surface area contributed by atoms with Crippen LogP contribution in [0.5, 0.6) is 0 Å². The molecule has 1 atom stereocenters. The number of anilines is 1. The van der Waals surface area contributed by atoms with E-state index in [1.54, 1.807) is 59.6 Å². The van der Waals surface area contributed by atoms with Gasteiger partial charge in [0.25, 0.3) is 0 Å². The molecular formula is C21H26ClN5O4S. The number of carbonyl (C=O) groups is 2. The molecule has 2 fully saturated rings. The lowest BCUT2D eigenvalue weighted by Crippen LogP contribution is -2.52. The molecule has 2 aliphatic rings. The van der Waals surface area contributed by atoms with Gasteiger partial charge in [0.1, 0.15) is 4.90 Å². The van der Waals surface area contributed by atoms with Gasteiger partial charge >= 0.3 is 0 Å². The second-order valence-electron chi connectivity index (χ2n) is 8.24. The number of carbonyl (C=O) groups excluding carboxylic acids is 2. The van der Waals surface area contributed by atoms with Crippen molar-refractivity contribution < 1.29 is 18.0 Å². The number of hydrogen-bond acceptors (Lipinski definition) is 5. The lowest BCUT2D eigenvalue weighted by Gasteiger charge is -2.35. The Bertz CT molecular complexity index is 1170. The summed E-state index contributed by atoms with van der Waals surface area (Å²) >= 11 is 6.04. The van der Waals surface area contributed by atoms with Gasteiger partial charge in [0, 0.05) is 56.9 Å². The largest absolute Gasteiger partial charge is 0.340 e. The summed E-state index contributed by atoms with van der Waals surface area (Å²) in [6.45, 7) is 4.71. The number of benzene rings is 1. The molecule has 32 heavy (non-hydrogen) atoms. The van der Waals surface area contributed by atoms with E-state index in [0.29, 0.717) is 28.6 Å². The average Bonchev–Trinajstić information content (AvgIpc) is 3.26. The summed E-state index contributed by atoms with van der Waals surface area (Å²) in [4.78, 5) is 29.1. The minimum Gasteiger partial charge on any atom is -0.340 e. The van der Waals surface area contributed by atoms with Crippen molar-refractivity contribution in [3.8, 4) is 0 Å². The maximum absolute atomic E-state index is 13.2. The summed E-state index contributed by atoms with van der Waals surface area (Å²) in [6.07, 6.45) is 0.137. The van der Waals surface area contributed by atoms with E-state index in [1.807, 2.05) is 0 Å². The standard InChI is InChI=1S/C21H26ClN5O4S/c1-14-20(15(2)24(3)23-14)32(30,31)26-9-7-25(8-10-26)21(29)16-11-19(28)27(13-16)18-6-4-5-17(22)12-18/h4-6,12,16H,7-11,13H2,1-3H3/t16-/m1/s1. The molecule has 0 aliphatic carbocycles. The molecule has 1 aromatic carbocycles. The summed E-state index contributed by atoms with van der Waals surface area (Å²) in [7, 11) is -1.98. The van der Waals surface area contributed by atoms with Gasteiger partial charge in [-0.1, -0.05) is 17.7 Å². The number of aromatic nitrogens is 2. The fraction of sp³-hybridized carbons (Fsp3) is 0.476. The quantitative estimate of drug-likeness (QED) is 0.663. The number of rotatable bonds is 4. The monoisotopic (exact) mass is 479 g/mol. The highest BCUT2D eigenvalue weighted by molar-refractivity contribution is 7.89. The predicted octanol–water partition coefficient (Wildman–Crippen LogP) is 1.58. The molecule has 2 aliphatic heterocycles. The first-order valence-corrected chi connectivity index (χ1v) is 12.3. The van der Waals surface area contributed by atoms with Gasteiger partial charge in [-0.05, 0) is 32.0 Å². The van der Waals surface area contributed by atoms with Gasteiger partial charge < -0.3 is 9.80 Å². The molecule has 9 nitrogen and oxygen atoms in total. The van der Waals surface area contributed by atoms with Crippen LogP contribution in [0.15, 0.2) is 29.2 Å². The first-order chi connectivity index (χ1) is 15.1. The second kappa shape index (κ2) is 8.49. The highest BCUT2D eigenvalue weighted by atomic mass is 35.5. The van der Waals surface area contributed by atoms with E-state index >= 15 is 0 Å². The van der Waals surface area contributed by atoms with Crippen LogP contribution in [-0.2, 0) is 26.7 Å². The first-order valence-electron chi connectivity index (χ1n) is 10.4. The molecule has 2 aromatic rings. The summed E-state index contributed by atoms with van der Waals surface area (Å²) < 4.78 is 29.3. The molecule has 172 valence electrons. The number of hydrogen-bond donors (Lipinski definition) is 0. The van der Waals surface area contributed by atoms with Crippen molar-refractivity contribution in [3.63, 3.8) is 0 Å². The Balaban J connectivity index is 1.41. The molecule has 0 spiro atoms. The fourth-order valence-corrected chi connectivity index (χ4v) is 6.44. The molecule has 2 amide bonds. The maximum Gasteiger partial charge on any atom is 0.246 e. The van der Waals surface area contributed by atoms with E-state index in [4.69, 9.17) is 11.6 Å². The van der Waals surface area contributed by atoms with Gasteiger partial charge in [0.2, 0.25) is 21.8 Å². The Labute approximate surface area is 192 Å². The zero-order chi connectivity index (χ0) is 23.2. The third-order valence-corrected chi connectivity index (χ3v) is 8.57. The lowest BCUT2D eigenvalue weighted by atomic mass is 10.1. The summed E-state index contributed by atoms with van der Waals surface area (Å²) in [6, 6.07) is 7.00. The molecule has 0 bridgehead atoms. The van der Waals surface area contributed by atoms with E-state index in [2.05, 4.69) is 5.10 Å². The van der Waals surface area contributed by atoms with Crippen molar-refractivity contribution in [1.82, 2.24) is 19.0 Å². The fourth-order valence-electron chi connectivity index (χ4n) is 4.43. The van der Waals surface area contributed by atoms with Crippen LogP contribution in [0.3, 0.4) is 0 Å². The van der Waals surface area contributed by atoms with Crippen LogP contribution < -0.4 is 4.90 Å². The van der Waals surface area contributed by atoms with Crippen molar-refractivity contribution in [2.24, 2.45) is 13.0 Å². The molecule has 0 N–H and O–H groups in total. The summed E-state index contributed by atoms with van der Waals surface area (Å²) in [5.41, 5.74) is 1.73. The molecule has 2 saturated heterocycles. The number of aryl methyl sites for hydroxylation is 2. The van der Waals surface area contributed by atoms with Crippen LogP contribution in [0, 0.1) is 19.8 Å². The zero-order valence-electron chi connectivity index (χ0n) is 18.3. The van der Waals surface area contributed by atoms with Crippen LogP contribution in [0.25, 0.3) is 0 Å². The van der Waals surface area contributed by atoms with Crippen LogP contribution in [-0.4, -0.2) is 71.9 Å². The summed E-state index contributed by atoms with van der Waals surface area (Å²) in [5, 5.41) is 4.74. The third kappa shape index (κ3) is 4.02. The van der Waals surface area contributed by atoms with E-state index in [1.165, 1.54) is 4.31 Å². The second-order valence-corrected chi connectivity index (χ2v) is 10.5. The first kappa shape index (κ1) is 22.8. The number of amides is 2. The molecule has 4 rings (SSSR count). The normalized spacial score (nSPS) is 20.2. The topological polar surface area (TPSA) is 95.8 Å². The van der Waals surface area contributed by atoms with Gasteiger partial charge in [-0.3, -0.25) is 14.3 Å². The van der Waals surface area contributed by atoms with Gasteiger partial charge in [-0.25, -0.2) is 8.42 Å². The number of piperazine rings is 1.